The van der Waals surface area contributed by atoms with E-state index in [1.54, 1.807) is 0 Å². The molecule has 0 aliphatic rings. The number of rotatable bonds is 4. The van der Waals surface area contributed by atoms with Gasteiger partial charge in [0, 0.05) is 19.8 Å². The normalized spacial score (nSPS) is 11.5. The van der Waals surface area contributed by atoms with Crippen molar-refractivity contribution in [3.8, 4) is 0 Å². The van der Waals surface area contributed by atoms with Crippen LogP contribution in [0, 0.1) is 0 Å². The maximum atomic E-state index is 11.9. The van der Waals surface area contributed by atoms with Crippen molar-refractivity contribution in [1.29, 1.82) is 0 Å². The molecule has 96 valence electrons. The first-order valence-electron chi connectivity index (χ1n) is 4.86. The lowest BCUT2D eigenvalue weighted by Crippen LogP contribution is -2.33. The first kappa shape index (κ1) is 13.3. The Morgan fingerprint density at radius 3 is 2.71 bits per heavy atom. The lowest BCUT2D eigenvalue weighted by molar-refractivity contribution is -0.144. The van der Waals surface area contributed by atoms with Crippen LogP contribution in [0.1, 0.15) is 6.42 Å². The first-order chi connectivity index (χ1) is 7.78. The second-order valence-corrected chi connectivity index (χ2v) is 3.65. The van der Waals surface area contributed by atoms with Crippen LogP contribution in [0.4, 0.5) is 18.9 Å². The Morgan fingerprint density at radius 1 is 1.59 bits per heavy atom. The van der Waals surface area contributed by atoms with Gasteiger partial charge in [-0.05, 0) is 0 Å². The van der Waals surface area contributed by atoms with E-state index in [9.17, 15) is 18.0 Å². The number of nitrogens with zero attached hydrogens (tertiary/aromatic N) is 3. The van der Waals surface area contributed by atoms with Crippen LogP contribution < -0.4 is 5.73 Å². The predicted molar refractivity (Wildman–Crippen MR) is 54.9 cm³/mol. The van der Waals surface area contributed by atoms with Crippen LogP contribution in [-0.4, -0.2) is 40.4 Å². The third-order valence-corrected chi connectivity index (χ3v) is 2.11. The molecule has 0 saturated carbocycles. The van der Waals surface area contributed by atoms with Gasteiger partial charge in [0.2, 0.25) is 5.91 Å². The Kier molecular flexibility index (Phi) is 3.97. The number of halogens is 3. The van der Waals surface area contributed by atoms with Gasteiger partial charge in [0.05, 0.1) is 18.3 Å². The number of aromatic nitrogens is 2. The SMILES string of the molecule is CN(CCC(F)(F)F)C(=O)Cn1cc(N)cn1. The van der Waals surface area contributed by atoms with E-state index in [0.717, 1.165) is 4.90 Å². The molecule has 0 radical (unpaired) electrons. The zero-order valence-corrected chi connectivity index (χ0v) is 9.24. The molecule has 2 N–H and O–H groups in total. The molecular formula is C9H13F3N4O. The summed E-state index contributed by atoms with van der Waals surface area (Å²) in [5.74, 6) is -0.447. The number of anilines is 1. The summed E-state index contributed by atoms with van der Waals surface area (Å²) in [6.07, 6.45) is -2.47. The standard InChI is InChI=1S/C9H13F3N4O/c1-15(3-2-9(10,11)12)8(17)6-16-5-7(13)4-14-16/h4-5H,2-3,6,13H2,1H3. The fourth-order valence-electron chi connectivity index (χ4n) is 1.14. The highest BCUT2D eigenvalue weighted by Gasteiger charge is 2.28. The van der Waals surface area contributed by atoms with Crippen molar-refractivity contribution in [2.75, 3.05) is 19.3 Å². The summed E-state index contributed by atoms with van der Waals surface area (Å²) in [4.78, 5) is 12.5. The van der Waals surface area contributed by atoms with Crippen LogP contribution in [0.3, 0.4) is 0 Å². The Hall–Kier alpha value is -1.73. The van der Waals surface area contributed by atoms with Crippen molar-refractivity contribution in [2.24, 2.45) is 0 Å². The summed E-state index contributed by atoms with van der Waals surface area (Å²) < 4.78 is 37.1. The Balaban J connectivity index is 2.42. The van der Waals surface area contributed by atoms with Crippen molar-refractivity contribution in [3.05, 3.63) is 12.4 Å². The van der Waals surface area contributed by atoms with E-state index >= 15 is 0 Å². The number of hydrogen-bond acceptors (Lipinski definition) is 3. The van der Waals surface area contributed by atoms with Gasteiger partial charge < -0.3 is 10.6 Å². The van der Waals surface area contributed by atoms with Gasteiger partial charge in [0.1, 0.15) is 6.54 Å². The van der Waals surface area contributed by atoms with Crippen LogP contribution >= 0.6 is 0 Å². The van der Waals surface area contributed by atoms with Gasteiger partial charge >= 0.3 is 6.18 Å². The van der Waals surface area contributed by atoms with E-state index in [1.165, 1.54) is 24.1 Å². The minimum atomic E-state index is -4.26. The van der Waals surface area contributed by atoms with E-state index in [-0.39, 0.29) is 13.1 Å². The Bertz CT molecular complexity index is 388. The average molecular weight is 250 g/mol. The summed E-state index contributed by atoms with van der Waals surface area (Å²) >= 11 is 0. The molecule has 5 nitrogen and oxygen atoms in total. The molecule has 0 aliphatic carbocycles. The third kappa shape index (κ3) is 4.75. The number of nitrogens with two attached hydrogens (primary N) is 1. The Labute approximate surface area is 96.0 Å². The van der Waals surface area contributed by atoms with Gasteiger partial charge in [-0.15, -0.1) is 0 Å². The highest BCUT2D eigenvalue weighted by molar-refractivity contribution is 5.75. The lowest BCUT2D eigenvalue weighted by atomic mass is 10.4. The number of likely N-dealkylation sites (N-methyl/N-ethyl adjacent to an activating group) is 1. The van der Waals surface area contributed by atoms with E-state index in [2.05, 4.69) is 5.10 Å². The second-order valence-electron chi connectivity index (χ2n) is 3.65. The van der Waals surface area contributed by atoms with E-state index < -0.39 is 18.5 Å². The van der Waals surface area contributed by atoms with Crippen LogP contribution in [0.2, 0.25) is 0 Å². The highest BCUT2D eigenvalue weighted by atomic mass is 19.4. The molecule has 1 aromatic rings. The number of alkyl halides is 3. The molecule has 1 amide bonds. The molecule has 0 fully saturated rings. The van der Waals surface area contributed by atoms with Crippen molar-refractivity contribution in [3.63, 3.8) is 0 Å². The molecule has 0 bridgehead atoms. The molecule has 0 atom stereocenters. The zero-order valence-electron chi connectivity index (χ0n) is 9.24. The molecule has 1 heterocycles. The van der Waals surface area contributed by atoms with Gasteiger partial charge in [0.15, 0.2) is 0 Å². The van der Waals surface area contributed by atoms with Crippen LogP contribution in [-0.2, 0) is 11.3 Å². The predicted octanol–water partition coefficient (Wildman–Crippen LogP) is 0.876. The summed E-state index contributed by atoms with van der Waals surface area (Å²) in [6, 6.07) is 0. The molecular weight excluding hydrogens is 237 g/mol. The first-order valence-corrected chi connectivity index (χ1v) is 4.86. The largest absolute Gasteiger partial charge is 0.396 e. The second kappa shape index (κ2) is 5.07. The number of hydrogen-bond donors (Lipinski definition) is 1. The van der Waals surface area contributed by atoms with Gasteiger partial charge in [-0.25, -0.2) is 0 Å². The molecule has 8 heteroatoms. The van der Waals surface area contributed by atoms with Crippen LogP contribution in [0.25, 0.3) is 0 Å². The minimum Gasteiger partial charge on any atom is -0.396 e. The monoisotopic (exact) mass is 250 g/mol. The fraction of sp³-hybridized carbons (Fsp3) is 0.556. The molecule has 1 rings (SSSR count). The van der Waals surface area contributed by atoms with Crippen LogP contribution in [0.5, 0.6) is 0 Å². The number of carbonyl (C=O) groups is 1. The molecule has 1 aromatic heterocycles. The maximum absolute atomic E-state index is 11.9. The Morgan fingerprint density at radius 2 is 2.24 bits per heavy atom. The minimum absolute atomic E-state index is 0.119. The highest BCUT2D eigenvalue weighted by Crippen LogP contribution is 2.19. The van der Waals surface area contributed by atoms with Gasteiger partial charge in [-0.2, -0.15) is 18.3 Å². The van der Waals surface area contributed by atoms with E-state index in [0.29, 0.717) is 5.69 Å². The molecule has 17 heavy (non-hydrogen) atoms. The molecule has 0 aromatic carbocycles. The maximum Gasteiger partial charge on any atom is 0.390 e. The molecule has 0 aliphatic heterocycles. The van der Waals surface area contributed by atoms with Crippen molar-refractivity contribution >= 4 is 11.6 Å². The van der Waals surface area contributed by atoms with E-state index in [1.807, 2.05) is 0 Å². The van der Waals surface area contributed by atoms with Crippen LogP contribution in [0.15, 0.2) is 12.4 Å². The van der Waals surface area contributed by atoms with Gasteiger partial charge in [0.25, 0.3) is 0 Å². The van der Waals surface area contributed by atoms with Gasteiger partial charge in [-0.1, -0.05) is 0 Å². The van der Waals surface area contributed by atoms with E-state index in [4.69, 9.17) is 5.73 Å². The quantitative estimate of drug-likeness (QED) is 0.862. The number of carbonyl (C=O) groups excluding carboxylic acids is 1. The van der Waals surface area contributed by atoms with Crippen molar-refractivity contribution < 1.29 is 18.0 Å². The van der Waals surface area contributed by atoms with Gasteiger partial charge in [-0.3, -0.25) is 9.48 Å². The van der Waals surface area contributed by atoms with Crippen molar-refractivity contribution in [1.82, 2.24) is 14.7 Å². The number of amides is 1. The zero-order chi connectivity index (χ0) is 13.1. The summed E-state index contributed by atoms with van der Waals surface area (Å²) in [5.41, 5.74) is 5.79. The molecule has 0 saturated heterocycles. The smallest absolute Gasteiger partial charge is 0.390 e. The molecule has 0 spiro atoms. The average Bonchev–Trinajstić information content (AvgIpc) is 2.59. The third-order valence-electron chi connectivity index (χ3n) is 2.11. The lowest BCUT2D eigenvalue weighted by Gasteiger charge is -2.17. The summed E-state index contributed by atoms with van der Waals surface area (Å²) in [6.45, 7) is -0.482. The molecule has 0 unspecified atom stereocenters. The number of nitrogen functional groups attached to an aromatic ring is 1. The summed E-state index contributed by atoms with van der Waals surface area (Å²) in [5, 5.41) is 3.77. The fourth-order valence-corrected chi connectivity index (χ4v) is 1.14. The topological polar surface area (TPSA) is 64.2 Å². The summed E-state index contributed by atoms with van der Waals surface area (Å²) in [7, 11) is 1.32. The van der Waals surface area contributed by atoms with Crippen molar-refractivity contribution in [2.45, 2.75) is 19.1 Å².